The van der Waals surface area contributed by atoms with Gasteiger partial charge in [-0.05, 0) is 26.3 Å². The van der Waals surface area contributed by atoms with Crippen molar-refractivity contribution in [2.24, 2.45) is 0 Å². The predicted molar refractivity (Wildman–Crippen MR) is 82.5 cm³/mol. The van der Waals surface area contributed by atoms with Crippen LogP contribution in [-0.4, -0.2) is 41.7 Å². The summed E-state index contributed by atoms with van der Waals surface area (Å²) in [6, 6.07) is 5.20. The molecule has 1 aromatic rings. The van der Waals surface area contributed by atoms with Gasteiger partial charge in [-0.2, -0.15) is 0 Å². The van der Waals surface area contributed by atoms with Crippen LogP contribution in [0.5, 0.6) is 0 Å². The van der Waals surface area contributed by atoms with Crippen LogP contribution in [0.2, 0.25) is 0 Å². The molecular formula is C15H23N3O3. The predicted octanol–water partition coefficient (Wildman–Crippen LogP) is 2.64. The van der Waals surface area contributed by atoms with Gasteiger partial charge < -0.3 is 10.1 Å². The molecule has 1 N–H and O–H groups in total. The summed E-state index contributed by atoms with van der Waals surface area (Å²) in [5, 5.41) is 14.1. The van der Waals surface area contributed by atoms with E-state index in [1.54, 1.807) is 13.1 Å². The smallest absolute Gasteiger partial charge is 0.292 e. The van der Waals surface area contributed by atoms with Crippen molar-refractivity contribution >= 4 is 11.4 Å². The maximum Gasteiger partial charge on any atom is 0.292 e. The van der Waals surface area contributed by atoms with Crippen molar-refractivity contribution in [1.29, 1.82) is 0 Å². The van der Waals surface area contributed by atoms with Crippen LogP contribution in [0.25, 0.3) is 0 Å². The van der Waals surface area contributed by atoms with Crippen molar-refractivity contribution in [2.75, 3.05) is 25.5 Å². The fourth-order valence-corrected chi connectivity index (χ4v) is 3.11. The maximum absolute atomic E-state index is 11.1. The van der Waals surface area contributed by atoms with Crippen molar-refractivity contribution in [2.45, 2.75) is 39.0 Å². The first-order valence-corrected chi connectivity index (χ1v) is 7.16. The van der Waals surface area contributed by atoms with E-state index in [1.807, 2.05) is 6.07 Å². The molecule has 0 bridgehead atoms. The average Bonchev–Trinajstić information content (AvgIpc) is 2.35. The lowest BCUT2D eigenvalue weighted by atomic mass is 10.0. The van der Waals surface area contributed by atoms with Crippen molar-refractivity contribution in [3.8, 4) is 0 Å². The van der Waals surface area contributed by atoms with Crippen LogP contribution in [0, 0.1) is 10.1 Å². The first-order valence-electron chi connectivity index (χ1n) is 7.16. The van der Waals surface area contributed by atoms with E-state index in [0.717, 1.165) is 18.7 Å². The zero-order chi connectivity index (χ0) is 15.6. The van der Waals surface area contributed by atoms with Crippen LogP contribution in [0.1, 0.15) is 26.3 Å². The van der Waals surface area contributed by atoms with E-state index in [9.17, 15) is 10.1 Å². The van der Waals surface area contributed by atoms with Gasteiger partial charge in [0.1, 0.15) is 5.69 Å². The van der Waals surface area contributed by atoms with E-state index < -0.39 is 0 Å². The fourth-order valence-electron chi connectivity index (χ4n) is 3.11. The monoisotopic (exact) mass is 293 g/mol. The van der Waals surface area contributed by atoms with Gasteiger partial charge in [0.15, 0.2) is 0 Å². The van der Waals surface area contributed by atoms with E-state index in [-0.39, 0.29) is 22.3 Å². The van der Waals surface area contributed by atoms with E-state index >= 15 is 0 Å². The molecular weight excluding hydrogens is 270 g/mol. The van der Waals surface area contributed by atoms with Gasteiger partial charge in [0, 0.05) is 32.7 Å². The maximum atomic E-state index is 11.1. The number of hydrogen-bond acceptors (Lipinski definition) is 5. The molecule has 116 valence electrons. The fraction of sp³-hybridized carbons (Fsp3) is 0.600. The van der Waals surface area contributed by atoms with Crippen LogP contribution in [0.4, 0.5) is 11.4 Å². The lowest BCUT2D eigenvalue weighted by Gasteiger charge is -2.41. The average molecular weight is 293 g/mol. The van der Waals surface area contributed by atoms with Crippen LogP contribution in [-0.2, 0) is 11.3 Å². The molecule has 1 unspecified atom stereocenters. The molecule has 2 rings (SSSR count). The quantitative estimate of drug-likeness (QED) is 0.683. The minimum absolute atomic E-state index is 0.121. The second kappa shape index (κ2) is 5.99. The molecule has 6 nitrogen and oxygen atoms in total. The number of nitrogens with one attached hydrogen (secondary N) is 1. The third kappa shape index (κ3) is 3.71. The summed E-state index contributed by atoms with van der Waals surface area (Å²) in [5.41, 5.74) is 1.46. The zero-order valence-corrected chi connectivity index (χ0v) is 13.0. The molecule has 1 fully saturated rings. The number of nitro benzene ring substituents is 1. The Morgan fingerprint density at radius 2 is 2.24 bits per heavy atom. The number of anilines is 1. The second-order valence-electron chi connectivity index (χ2n) is 6.18. The minimum Gasteiger partial charge on any atom is -0.382 e. The Morgan fingerprint density at radius 1 is 1.52 bits per heavy atom. The van der Waals surface area contributed by atoms with Gasteiger partial charge in [0.2, 0.25) is 0 Å². The Kier molecular flexibility index (Phi) is 4.49. The molecule has 0 radical (unpaired) electrons. The Morgan fingerprint density at radius 3 is 2.81 bits per heavy atom. The van der Waals surface area contributed by atoms with Gasteiger partial charge in [-0.3, -0.25) is 15.0 Å². The topological polar surface area (TPSA) is 67.6 Å². The zero-order valence-electron chi connectivity index (χ0n) is 13.0. The number of ether oxygens (including phenoxy) is 1. The van der Waals surface area contributed by atoms with Gasteiger partial charge >= 0.3 is 0 Å². The number of nitro groups is 1. The molecule has 0 aliphatic carbocycles. The molecule has 21 heavy (non-hydrogen) atoms. The Balaban J connectivity index is 2.23. The largest absolute Gasteiger partial charge is 0.382 e. The Bertz CT molecular complexity index is 531. The summed E-state index contributed by atoms with van der Waals surface area (Å²) in [4.78, 5) is 13.1. The van der Waals surface area contributed by atoms with Crippen LogP contribution >= 0.6 is 0 Å². The van der Waals surface area contributed by atoms with Crippen molar-refractivity contribution in [3.05, 3.63) is 33.9 Å². The highest BCUT2D eigenvalue weighted by Gasteiger charge is 2.31. The molecule has 1 saturated heterocycles. The normalized spacial score (nSPS) is 22.0. The highest BCUT2D eigenvalue weighted by Crippen LogP contribution is 2.30. The third-order valence-electron chi connectivity index (χ3n) is 3.61. The van der Waals surface area contributed by atoms with Gasteiger partial charge in [0.05, 0.1) is 16.6 Å². The van der Waals surface area contributed by atoms with Crippen molar-refractivity contribution in [1.82, 2.24) is 4.90 Å². The number of hydrogen-bond donors (Lipinski definition) is 1. The van der Waals surface area contributed by atoms with Crippen molar-refractivity contribution in [3.63, 3.8) is 0 Å². The molecule has 1 atom stereocenters. The van der Waals surface area contributed by atoms with E-state index in [1.165, 1.54) is 6.07 Å². The van der Waals surface area contributed by atoms with Crippen LogP contribution in [0.15, 0.2) is 18.2 Å². The first kappa shape index (κ1) is 15.7. The lowest BCUT2D eigenvalue weighted by molar-refractivity contribution is -0.384. The summed E-state index contributed by atoms with van der Waals surface area (Å²) in [7, 11) is 1.72. The number of morpholine rings is 1. The lowest BCUT2D eigenvalue weighted by Crippen LogP contribution is -2.51. The van der Waals surface area contributed by atoms with Crippen molar-refractivity contribution < 1.29 is 9.66 Å². The Labute approximate surface area is 125 Å². The van der Waals surface area contributed by atoms with Gasteiger partial charge in [-0.25, -0.2) is 0 Å². The Hall–Kier alpha value is -1.66. The first-order chi connectivity index (χ1) is 9.82. The molecule has 1 heterocycles. The summed E-state index contributed by atoms with van der Waals surface area (Å²) in [6.07, 6.45) is 0.158. The minimum atomic E-state index is -0.346. The molecule has 6 heteroatoms. The van der Waals surface area contributed by atoms with Gasteiger partial charge in [0.25, 0.3) is 5.69 Å². The summed E-state index contributed by atoms with van der Waals surface area (Å²) < 4.78 is 5.89. The third-order valence-corrected chi connectivity index (χ3v) is 3.61. The van der Waals surface area contributed by atoms with Crippen LogP contribution in [0.3, 0.4) is 0 Å². The van der Waals surface area contributed by atoms with E-state index in [0.29, 0.717) is 12.2 Å². The number of benzene rings is 1. The molecule has 0 amide bonds. The standard InChI is InChI=1S/C15H23N3O3/c1-11-8-17(10-15(2,3)21-11)9-12-6-5-7-13(18(19)20)14(12)16-4/h5-7,11,16H,8-10H2,1-4H3. The van der Waals surface area contributed by atoms with Gasteiger partial charge in [-0.15, -0.1) is 0 Å². The number of rotatable bonds is 4. The summed E-state index contributed by atoms with van der Waals surface area (Å²) in [6.45, 7) is 8.51. The number of para-hydroxylation sites is 1. The molecule has 1 aliphatic rings. The number of nitrogens with zero attached hydrogens (tertiary/aromatic N) is 2. The molecule has 1 aliphatic heterocycles. The van der Waals surface area contributed by atoms with Gasteiger partial charge in [-0.1, -0.05) is 12.1 Å². The summed E-state index contributed by atoms with van der Waals surface area (Å²) >= 11 is 0. The van der Waals surface area contributed by atoms with E-state index in [2.05, 4.69) is 31.0 Å². The SMILES string of the molecule is CNc1c(CN2CC(C)OC(C)(C)C2)cccc1[N+](=O)[O-]. The van der Waals surface area contributed by atoms with E-state index in [4.69, 9.17) is 4.74 Å². The van der Waals surface area contributed by atoms with Crippen LogP contribution < -0.4 is 5.32 Å². The molecule has 0 spiro atoms. The highest BCUT2D eigenvalue weighted by molar-refractivity contribution is 5.66. The highest BCUT2D eigenvalue weighted by atomic mass is 16.6. The molecule has 1 aromatic carbocycles. The molecule has 0 aromatic heterocycles. The molecule has 0 saturated carbocycles. The summed E-state index contributed by atoms with van der Waals surface area (Å²) in [5.74, 6) is 0. The second-order valence-corrected chi connectivity index (χ2v) is 6.18.